The van der Waals surface area contributed by atoms with Crippen LogP contribution in [0.4, 0.5) is 11.4 Å². The van der Waals surface area contributed by atoms with Gasteiger partial charge < -0.3 is 20.4 Å². The Morgan fingerprint density at radius 2 is 1.87 bits per heavy atom. The molecule has 0 radical (unpaired) electrons. The van der Waals surface area contributed by atoms with Gasteiger partial charge >= 0.3 is 5.97 Å². The number of hydrogen-bond acceptors (Lipinski definition) is 5. The van der Waals surface area contributed by atoms with Crippen LogP contribution in [0.1, 0.15) is 85.0 Å². The molecule has 1 aromatic heterocycles. The van der Waals surface area contributed by atoms with Crippen LogP contribution in [0.15, 0.2) is 42.7 Å². The molecule has 1 saturated carbocycles. The van der Waals surface area contributed by atoms with Crippen molar-refractivity contribution in [2.45, 2.75) is 78.2 Å². The minimum Gasteiger partial charge on any atom is -0.481 e. The summed E-state index contributed by atoms with van der Waals surface area (Å²) in [6, 6.07) is 10.1. The highest BCUT2D eigenvalue weighted by molar-refractivity contribution is 5.74. The molecule has 5 N–H and O–H groups in total. The van der Waals surface area contributed by atoms with E-state index in [1.807, 2.05) is 31.3 Å². The molecule has 1 fully saturated rings. The summed E-state index contributed by atoms with van der Waals surface area (Å²) in [6.07, 6.45) is 11.5. The molecule has 0 aliphatic heterocycles. The highest BCUT2D eigenvalue weighted by atomic mass is 16.4. The Morgan fingerprint density at radius 1 is 1.16 bits per heavy atom. The number of carbonyl (C=O) groups is 1. The van der Waals surface area contributed by atoms with Crippen molar-refractivity contribution in [3.05, 3.63) is 76.4 Å². The second-order valence-corrected chi connectivity index (χ2v) is 11.1. The van der Waals surface area contributed by atoms with Crippen molar-refractivity contribution in [1.82, 2.24) is 9.55 Å². The molecule has 0 saturated heterocycles. The Balaban J connectivity index is 1.61. The number of imidazole rings is 1. The Morgan fingerprint density at radius 3 is 2.53 bits per heavy atom. The molecule has 1 heterocycles. The summed E-state index contributed by atoms with van der Waals surface area (Å²) >= 11 is 0. The summed E-state index contributed by atoms with van der Waals surface area (Å²) in [5.41, 5.74) is 12.8. The van der Waals surface area contributed by atoms with Gasteiger partial charge in [-0.15, -0.1) is 0 Å². The zero-order chi connectivity index (χ0) is 27.4. The van der Waals surface area contributed by atoms with E-state index in [2.05, 4.69) is 36.7 Å². The van der Waals surface area contributed by atoms with Gasteiger partial charge in [0.15, 0.2) is 0 Å². The fourth-order valence-corrected chi connectivity index (χ4v) is 6.04. The number of carboxylic acid groups (broad SMARTS) is 1. The minimum atomic E-state index is -0.843. The number of aromatic nitrogens is 2. The maximum atomic E-state index is 11.9. The molecule has 3 aromatic rings. The van der Waals surface area contributed by atoms with Gasteiger partial charge in [0.1, 0.15) is 5.82 Å². The number of benzene rings is 2. The van der Waals surface area contributed by atoms with Gasteiger partial charge in [0.25, 0.3) is 0 Å². The first kappa shape index (κ1) is 27.7. The van der Waals surface area contributed by atoms with Crippen LogP contribution in [-0.4, -0.2) is 27.7 Å². The smallest absolute Gasteiger partial charge is 0.304 e. The van der Waals surface area contributed by atoms with Gasteiger partial charge in [-0.3, -0.25) is 4.79 Å². The number of nitrogens with two attached hydrogens (primary N) is 2. The summed E-state index contributed by atoms with van der Waals surface area (Å²) < 4.78 is 2.26. The topological polar surface area (TPSA) is 110 Å². The summed E-state index contributed by atoms with van der Waals surface area (Å²) in [7, 11) is 1.74. The van der Waals surface area contributed by atoms with Crippen molar-refractivity contribution < 1.29 is 9.90 Å². The molecule has 204 valence electrons. The zero-order valence-corrected chi connectivity index (χ0v) is 23.3. The van der Waals surface area contributed by atoms with E-state index in [1.165, 1.54) is 48.2 Å². The van der Waals surface area contributed by atoms with Crippen LogP contribution < -0.4 is 16.6 Å². The van der Waals surface area contributed by atoms with Crippen LogP contribution in [0, 0.1) is 25.7 Å². The van der Waals surface area contributed by atoms with Gasteiger partial charge in [0.05, 0.1) is 17.8 Å². The second-order valence-electron chi connectivity index (χ2n) is 11.1. The predicted octanol–water partition coefficient (Wildman–Crippen LogP) is 5.81. The quantitative estimate of drug-likeness (QED) is 0.178. The lowest BCUT2D eigenvalue weighted by molar-refractivity contribution is -0.137. The standard InChI is InChI=1S/C31H43N5O2/c1-5-22-7-9-23(10-8-22)16-29-34-14-15-36(29)19-25-17-24(11-6-20(25)2)27(18-30(37)38)26-12-13-28(35(4)33)31(32)21(26)3/h6,11-15,17,22-23,27H,5,7-10,16,18-19,32-33H2,1-4H3,(H,37,38). The van der Waals surface area contributed by atoms with Gasteiger partial charge in [0, 0.05) is 38.3 Å². The van der Waals surface area contributed by atoms with Crippen molar-refractivity contribution in [3.63, 3.8) is 0 Å². The van der Waals surface area contributed by atoms with E-state index in [4.69, 9.17) is 16.6 Å². The molecule has 0 amide bonds. The molecule has 4 rings (SSSR count). The van der Waals surface area contributed by atoms with E-state index >= 15 is 0 Å². The van der Waals surface area contributed by atoms with Gasteiger partial charge in [-0.1, -0.05) is 50.5 Å². The summed E-state index contributed by atoms with van der Waals surface area (Å²) in [6.45, 7) is 7.08. The first-order valence-electron chi connectivity index (χ1n) is 13.9. The van der Waals surface area contributed by atoms with Crippen LogP contribution in [0.3, 0.4) is 0 Å². The van der Waals surface area contributed by atoms with E-state index < -0.39 is 5.97 Å². The highest BCUT2D eigenvalue weighted by Gasteiger charge is 2.24. The number of aliphatic carboxylic acids is 1. The average molecular weight is 518 g/mol. The number of anilines is 2. The van der Waals surface area contributed by atoms with Crippen molar-refractivity contribution in [2.24, 2.45) is 17.7 Å². The van der Waals surface area contributed by atoms with E-state index in [9.17, 15) is 9.90 Å². The van der Waals surface area contributed by atoms with E-state index in [0.29, 0.717) is 11.6 Å². The lowest BCUT2D eigenvalue weighted by Gasteiger charge is -2.27. The van der Waals surface area contributed by atoms with Crippen molar-refractivity contribution >= 4 is 17.3 Å². The Hall–Kier alpha value is -3.32. The molecule has 38 heavy (non-hydrogen) atoms. The third kappa shape index (κ3) is 6.21. The van der Waals surface area contributed by atoms with Crippen LogP contribution in [0.5, 0.6) is 0 Å². The van der Waals surface area contributed by atoms with Crippen molar-refractivity contribution in [2.75, 3.05) is 17.8 Å². The molecule has 1 atom stereocenters. The van der Waals surface area contributed by atoms with E-state index in [-0.39, 0.29) is 12.3 Å². The fourth-order valence-electron chi connectivity index (χ4n) is 6.04. The zero-order valence-electron chi connectivity index (χ0n) is 23.3. The molecule has 7 nitrogen and oxygen atoms in total. The molecular formula is C31H43N5O2. The Bertz CT molecular complexity index is 1260. The van der Waals surface area contributed by atoms with Crippen LogP contribution >= 0.6 is 0 Å². The van der Waals surface area contributed by atoms with Crippen LogP contribution in [-0.2, 0) is 17.8 Å². The molecule has 2 aromatic carbocycles. The molecule has 1 unspecified atom stereocenters. The van der Waals surface area contributed by atoms with Crippen molar-refractivity contribution in [1.29, 1.82) is 0 Å². The number of nitrogens with zero attached hydrogens (tertiary/aromatic N) is 3. The molecular weight excluding hydrogens is 474 g/mol. The van der Waals surface area contributed by atoms with Gasteiger partial charge in [-0.25, -0.2) is 10.8 Å². The molecule has 7 heteroatoms. The molecule has 0 bridgehead atoms. The number of carboxylic acids is 1. The highest BCUT2D eigenvalue weighted by Crippen LogP contribution is 2.37. The number of rotatable bonds is 10. The number of hydrazine groups is 1. The third-order valence-corrected chi connectivity index (χ3v) is 8.60. The maximum absolute atomic E-state index is 11.9. The molecule has 1 aliphatic rings. The SMILES string of the molecule is CCC1CCC(Cc2nccn2Cc2cc(C(CC(=O)O)c3ccc(N(C)N)c(N)c3C)ccc2C)CC1. The lowest BCUT2D eigenvalue weighted by Crippen LogP contribution is -2.26. The molecule has 1 aliphatic carbocycles. The second kappa shape index (κ2) is 12.0. The van der Waals surface area contributed by atoms with Gasteiger partial charge in [0.2, 0.25) is 0 Å². The lowest BCUT2D eigenvalue weighted by atomic mass is 9.79. The van der Waals surface area contributed by atoms with E-state index in [0.717, 1.165) is 47.1 Å². The predicted molar refractivity (Wildman–Crippen MR) is 154 cm³/mol. The average Bonchev–Trinajstić information content (AvgIpc) is 3.32. The molecule has 0 spiro atoms. The monoisotopic (exact) mass is 517 g/mol. The van der Waals surface area contributed by atoms with Crippen molar-refractivity contribution in [3.8, 4) is 0 Å². The largest absolute Gasteiger partial charge is 0.481 e. The van der Waals surface area contributed by atoms with E-state index in [1.54, 1.807) is 7.05 Å². The summed E-state index contributed by atoms with van der Waals surface area (Å²) in [5.74, 6) is 7.51. The number of nitrogen functional groups attached to an aromatic ring is 1. The Labute approximate surface area is 226 Å². The number of aryl methyl sites for hydroxylation is 1. The van der Waals surface area contributed by atoms with Gasteiger partial charge in [-0.2, -0.15) is 0 Å². The maximum Gasteiger partial charge on any atom is 0.304 e. The third-order valence-electron chi connectivity index (χ3n) is 8.60. The van der Waals surface area contributed by atoms with Crippen LogP contribution in [0.25, 0.3) is 0 Å². The normalized spacial score (nSPS) is 18.3. The fraction of sp³-hybridized carbons (Fsp3) is 0.484. The van der Waals surface area contributed by atoms with Gasteiger partial charge in [-0.05, 0) is 72.4 Å². The first-order valence-corrected chi connectivity index (χ1v) is 13.9. The van der Waals surface area contributed by atoms with Crippen LogP contribution in [0.2, 0.25) is 0 Å². The Kier molecular flexibility index (Phi) is 8.77. The summed E-state index contributed by atoms with van der Waals surface area (Å²) in [4.78, 5) is 16.7. The minimum absolute atomic E-state index is 0.0165. The number of hydrogen-bond donors (Lipinski definition) is 3. The summed E-state index contributed by atoms with van der Waals surface area (Å²) in [5, 5.41) is 11.3. The first-order chi connectivity index (χ1) is 18.2.